The highest BCUT2D eigenvalue weighted by Crippen LogP contribution is 2.24. The van der Waals surface area contributed by atoms with E-state index in [0.717, 1.165) is 34.4 Å². The summed E-state index contributed by atoms with van der Waals surface area (Å²) in [6.45, 7) is 0.579. The van der Waals surface area contributed by atoms with E-state index in [1.165, 1.54) is 12.5 Å². The van der Waals surface area contributed by atoms with E-state index in [2.05, 4.69) is 30.6 Å². The molecule has 9 heteroatoms. The molecule has 0 fully saturated rings. The third-order valence-electron chi connectivity index (χ3n) is 5.51. The highest BCUT2D eigenvalue weighted by atomic mass is 16.4. The number of anilines is 1. The van der Waals surface area contributed by atoms with E-state index in [1.807, 2.05) is 59.4 Å². The Morgan fingerprint density at radius 3 is 2.75 bits per heavy atom. The summed E-state index contributed by atoms with van der Waals surface area (Å²) in [6, 6.07) is 15.4. The topological polar surface area (TPSA) is 112 Å². The molecule has 1 N–H and O–H groups in total. The second-order valence-corrected chi connectivity index (χ2v) is 8.06. The highest BCUT2D eigenvalue weighted by Gasteiger charge is 2.08. The van der Waals surface area contributed by atoms with Crippen molar-refractivity contribution >= 4 is 17.7 Å². The van der Waals surface area contributed by atoms with Gasteiger partial charge in [0.1, 0.15) is 0 Å². The number of rotatable bonds is 9. The highest BCUT2D eigenvalue weighted by molar-refractivity contribution is 6.02. The van der Waals surface area contributed by atoms with E-state index in [0.29, 0.717) is 24.5 Å². The molecule has 178 valence electrons. The van der Waals surface area contributed by atoms with Crippen molar-refractivity contribution in [1.82, 2.24) is 29.9 Å². The van der Waals surface area contributed by atoms with Gasteiger partial charge in [-0.1, -0.05) is 18.2 Å². The van der Waals surface area contributed by atoms with Crippen molar-refractivity contribution in [2.24, 2.45) is 0 Å². The predicted octanol–water partition coefficient (Wildman–Crippen LogP) is 4.21. The van der Waals surface area contributed by atoms with Gasteiger partial charge < -0.3 is 9.73 Å². The first-order valence-corrected chi connectivity index (χ1v) is 11.4. The third kappa shape index (κ3) is 5.95. The Bertz CT molecular complexity index is 1440. The van der Waals surface area contributed by atoms with Gasteiger partial charge in [0.15, 0.2) is 0 Å². The van der Waals surface area contributed by atoms with Crippen LogP contribution in [0.5, 0.6) is 0 Å². The molecule has 0 aliphatic carbocycles. The SMILES string of the molecule is O=C(/C=C/c1cnccc1-c1cnn(Cc2ccccn2)c1)Nc1ccc(CCc2nnco2)cc1. The van der Waals surface area contributed by atoms with Gasteiger partial charge >= 0.3 is 0 Å². The van der Waals surface area contributed by atoms with E-state index in [-0.39, 0.29) is 5.91 Å². The summed E-state index contributed by atoms with van der Waals surface area (Å²) < 4.78 is 7.00. The fourth-order valence-electron chi connectivity index (χ4n) is 3.71. The zero-order valence-electron chi connectivity index (χ0n) is 19.4. The maximum absolute atomic E-state index is 12.5. The van der Waals surface area contributed by atoms with Crippen molar-refractivity contribution in [3.8, 4) is 11.1 Å². The summed E-state index contributed by atoms with van der Waals surface area (Å²) in [4.78, 5) is 21.1. The molecule has 5 rings (SSSR count). The number of aryl methyl sites for hydroxylation is 2. The second kappa shape index (κ2) is 11.0. The Morgan fingerprint density at radius 1 is 1.03 bits per heavy atom. The third-order valence-corrected chi connectivity index (χ3v) is 5.51. The number of aromatic nitrogens is 6. The van der Waals surface area contributed by atoms with Gasteiger partial charge in [-0.2, -0.15) is 5.10 Å². The molecule has 0 bridgehead atoms. The number of carbonyl (C=O) groups excluding carboxylic acids is 1. The van der Waals surface area contributed by atoms with Gasteiger partial charge in [0.25, 0.3) is 0 Å². The quantitative estimate of drug-likeness (QED) is 0.317. The Labute approximate surface area is 207 Å². The van der Waals surface area contributed by atoms with Crippen molar-refractivity contribution in [2.75, 3.05) is 5.32 Å². The number of amides is 1. The maximum atomic E-state index is 12.5. The Morgan fingerprint density at radius 2 is 1.94 bits per heavy atom. The van der Waals surface area contributed by atoms with E-state index in [9.17, 15) is 4.79 Å². The molecule has 4 aromatic heterocycles. The van der Waals surface area contributed by atoms with Crippen molar-refractivity contribution in [1.29, 1.82) is 0 Å². The van der Waals surface area contributed by atoms with Crippen LogP contribution in [0.3, 0.4) is 0 Å². The second-order valence-electron chi connectivity index (χ2n) is 8.06. The van der Waals surface area contributed by atoms with E-state index in [4.69, 9.17) is 4.42 Å². The van der Waals surface area contributed by atoms with Gasteiger partial charge in [-0.25, -0.2) is 0 Å². The van der Waals surface area contributed by atoms with Crippen LogP contribution in [0, 0.1) is 0 Å². The molecule has 4 heterocycles. The molecule has 0 saturated carbocycles. The molecule has 0 saturated heterocycles. The lowest BCUT2D eigenvalue weighted by Gasteiger charge is -2.05. The molecular formula is C27H23N7O2. The van der Waals surface area contributed by atoms with Crippen molar-refractivity contribution in [3.05, 3.63) is 115 Å². The van der Waals surface area contributed by atoms with Crippen LogP contribution in [0.4, 0.5) is 5.69 Å². The number of nitrogens with one attached hydrogen (secondary N) is 1. The number of nitrogens with zero attached hydrogens (tertiary/aromatic N) is 6. The van der Waals surface area contributed by atoms with Crippen LogP contribution in [0.2, 0.25) is 0 Å². The van der Waals surface area contributed by atoms with E-state index >= 15 is 0 Å². The van der Waals surface area contributed by atoms with Crippen LogP contribution in [-0.4, -0.2) is 35.9 Å². The molecule has 1 amide bonds. The molecule has 0 unspecified atom stereocenters. The van der Waals surface area contributed by atoms with Crippen LogP contribution in [-0.2, 0) is 24.2 Å². The van der Waals surface area contributed by atoms with Crippen molar-refractivity contribution < 1.29 is 9.21 Å². The first-order chi connectivity index (χ1) is 17.7. The van der Waals surface area contributed by atoms with Crippen molar-refractivity contribution in [3.63, 3.8) is 0 Å². The minimum absolute atomic E-state index is 0.228. The minimum atomic E-state index is -0.228. The smallest absolute Gasteiger partial charge is 0.248 e. The van der Waals surface area contributed by atoms with E-state index in [1.54, 1.807) is 30.9 Å². The first kappa shape index (κ1) is 22.9. The molecule has 0 aliphatic heterocycles. The zero-order valence-corrected chi connectivity index (χ0v) is 19.4. The van der Waals surface area contributed by atoms with Crippen LogP contribution < -0.4 is 5.32 Å². The molecule has 1 aromatic carbocycles. The van der Waals surface area contributed by atoms with Gasteiger partial charge in [0.2, 0.25) is 18.2 Å². The van der Waals surface area contributed by atoms with Gasteiger partial charge in [-0.15, -0.1) is 10.2 Å². The Balaban J connectivity index is 1.21. The summed E-state index contributed by atoms with van der Waals surface area (Å²) >= 11 is 0. The van der Waals surface area contributed by atoms with E-state index < -0.39 is 0 Å². The molecule has 0 radical (unpaired) electrons. The number of pyridine rings is 2. The number of carbonyl (C=O) groups is 1. The summed E-state index contributed by atoms with van der Waals surface area (Å²) in [6.07, 6.45) is 15.0. The number of benzene rings is 1. The summed E-state index contributed by atoms with van der Waals surface area (Å²) in [7, 11) is 0. The minimum Gasteiger partial charge on any atom is -0.428 e. The van der Waals surface area contributed by atoms with Crippen LogP contribution in [0.1, 0.15) is 22.7 Å². The standard InChI is InChI=1S/C27H23N7O2/c35-26(32-23-8-4-20(5-9-23)6-11-27-33-30-19-36-27)10-7-21-15-28-14-12-25(21)22-16-31-34(17-22)18-24-3-1-2-13-29-24/h1-5,7-10,12-17,19H,6,11,18H2,(H,32,35)/b10-7+. The maximum Gasteiger partial charge on any atom is 0.248 e. The lowest BCUT2D eigenvalue weighted by Crippen LogP contribution is -2.07. The molecule has 0 aliphatic rings. The lowest BCUT2D eigenvalue weighted by molar-refractivity contribution is -0.111. The van der Waals surface area contributed by atoms with Crippen LogP contribution >= 0.6 is 0 Å². The van der Waals surface area contributed by atoms with Gasteiger partial charge in [-0.3, -0.25) is 19.4 Å². The molecule has 9 nitrogen and oxygen atoms in total. The van der Waals surface area contributed by atoms with Crippen LogP contribution in [0.25, 0.3) is 17.2 Å². The average molecular weight is 478 g/mol. The van der Waals surface area contributed by atoms with Gasteiger partial charge in [0.05, 0.1) is 18.4 Å². The molecule has 5 aromatic rings. The van der Waals surface area contributed by atoms with Crippen LogP contribution in [0.15, 0.2) is 96.4 Å². The normalized spacial score (nSPS) is 11.1. The summed E-state index contributed by atoms with van der Waals surface area (Å²) in [5.41, 5.74) is 5.45. The molecule has 36 heavy (non-hydrogen) atoms. The summed E-state index contributed by atoms with van der Waals surface area (Å²) in [5.74, 6) is 0.377. The zero-order chi connectivity index (χ0) is 24.6. The summed E-state index contributed by atoms with van der Waals surface area (Å²) in [5, 5.41) is 14.9. The molecular weight excluding hydrogens is 454 g/mol. The lowest BCUT2D eigenvalue weighted by atomic mass is 10.0. The number of hydrogen-bond donors (Lipinski definition) is 1. The molecule has 0 spiro atoms. The van der Waals surface area contributed by atoms with Gasteiger partial charge in [-0.05, 0) is 54.0 Å². The average Bonchev–Trinajstić information content (AvgIpc) is 3.60. The number of hydrogen-bond acceptors (Lipinski definition) is 7. The Hall–Kier alpha value is -4.92. The van der Waals surface area contributed by atoms with Gasteiger partial charge in [0, 0.05) is 54.1 Å². The fraction of sp³-hybridized carbons (Fsp3) is 0.111. The predicted molar refractivity (Wildman–Crippen MR) is 135 cm³/mol. The molecule has 0 atom stereocenters. The monoisotopic (exact) mass is 477 g/mol. The largest absolute Gasteiger partial charge is 0.428 e. The first-order valence-electron chi connectivity index (χ1n) is 11.4. The van der Waals surface area contributed by atoms with Crippen molar-refractivity contribution in [2.45, 2.75) is 19.4 Å². The fourth-order valence-corrected chi connectivity index (χ4v) is 3.71. The Kier molecular flexibility index (Phi) is 6.98.